The summed E-state index contributed by atoms with van der Waals surface area (Å²) in [6.45, 7) is 8.29. The summed E-state index contributed by atoms with van der Waals surface area (Å²) < 4.78 is 70.8. The number of nitrogens with zero attached hydrogens (tertiary/aromatic N) is 6. The Bertz CT molecular complexity index is 1250. The molecule has 0 radical (unpaired) electrons. The first-order valence-corrected chi connectivity index (χ1v) is 14.7. The number of rotatable bonds is 5. The van der Waals surface area contributed by atoms with Crippen LogP contribution in [0.1, 0.15) is 23.4 Å². The van der Waals surface area contributed by atoms with E-state index in [1.54, 1.807) is 11.3 Å². The highest BCUT2D eigenvalue weighted by Crippen LogP contribution is 2.45. The molecule has 12 nitrogen and oxygen atoms in total. The number of carboxylic acids is 2. The van der Waals surface area contributed by atoms with Crippen molar-refractivity contribution in [1.29, 1.82) is 0 Å². The summed E-state index contributed by atoms with van der Waals surface area (Å²) in [5.74, 6) is -4.83. The number of alkyl halides is 6. The van der Waals surface area contributed by atoms with Crippen LogP contribution in [0.3, 0.4) is 0 Å². The lowest BCUT2D eigenvalue weighted by atomic mass is 9.73. The van der Waals surface area contributed by atoms with E-state index in [0.717, 1.165) is 70.2 Å². The summed E-state index contributed by atoms with van der Waals surface area (Å²) in [4.78, 5) is 43.3. The number of aliphatic carboxylic acids is 2. The number of amides is 1. The summed E-state index contributed by atoms with van der Waals surface area (Å²) in [5, 5.41) is 21.8. The third kappa shape index (κ3) is 10.4. The molecule has 3 aliphatic rings. The Labute approximate surface area is 258 Å². The maximum absolute atomic E-state index is 13.9. The van der Waals surface area contributed by atoms with E-state index in [4.69, 9.17) is 24.5 Å². The molecule has 1 amide bonds. The molecule has 5 heterocycles. The molecule has 0 aliphatic carbocycles. The summed E-state index contributed by atoms with van der Waals surface area (Å²) >= 11 is 1.72. The molecular weight excluding hydrogens is 638 g/mol. The molecule has 0 aromatic carbocycles. The smallest absolute Gasteiger partial charge is 0.475 e. The third-order valence-electron chi connectivity index (χ3n) is 7.56. The van der Waals surface area contributed by atoms with Gasteiger partial charge in [-0.1, -0.05) is 0 Å². The SMILES string of the molecule is Cn1cc(CN2C[C@@H]3CN(Cc4nccs4)CCC[C@]3(C(=O)N3CCOCC3)C2)cn1.O=C(O)C(F)(F)F.O=C(O)C(F)(F)F. The van der Waals surface area contributed by atoms with Crippen LogP contribution in [0.15, 0.2) is 24.0 Å². The van der Waals surface area contributed by atoms with E-state index in [0.29, 0.717) is 25.0 Å². The van der Waals surface area contributed by atoms with Gasteiger partial charge in [-0.2, -0.15) is 31.4 Å². The number of carboxylic acid groups (broad SMARTS) is 2. The van der Waals surface area contributed by atoms with Gasteiger partial charge in [0.25, 0.3) is 0 Å². The number of carbonyl (C=O) groups is 3. The van der Waals surface area contributed by atoms with Gasteiger partial charge in [0.05, 0.1) is 31.4 Å². The fourth-order valence-corrected chi connectivity index (χ4v) is 6.30. The second-order valence-corrected chi connectivity index (χ2v) is 11.8. The predicted molar refractivity (Wildman–Crippen MR) is 146 cm³/mol. The number of fused-ring (bicyclic) bond motifs is 1. The Hall–Kier alpha value is -3.29. The van der Waals surface area contributed by atoms with Crippen LogP contribution in [0.25, 0.3) is 0 Å². The van der Waals surface area contributed by atoms with Gasteiger partial charge in [-0.25, -0.2) is 14.6 Å². The van der Waals surface area contributed by atoms with Gasteiger partial charge in [-0.15, -0.1) is 11.3 Å². The highest BCUT2D eigenvalue weighted by atomic mass is 32.1. The Kier molecular flexibility index (Phi) is 12.3. The largest absolute Gasteiger partial charge is 0.490 e. The second-order valence-electron chi connectivity index (χ2n) is 10.8. The van der Waals surface area contributed by atoms with Gasteiger partial charge in [-0.05, 0) is 25.3 Å². The van der Waals surface area contributed by atoms with Crippen LogP contribution in [-0.2, 0) is 39.3 Å². The van der Waals surface area contributed by atoms with Gasteiger partial charge in [0, 0.05) is 69.7 Å². The molecule has 0 saturated carbocycles. The average Bonchev–Trinajstić information content (AvgIpc) is 3.67. The van der Waals surface area contributed by atoms with Gasteiger partial charge in [-0.3, -0.25) is 19.3 Å². The molecule has 3 aliphatic heterocycles. The molecule has 5 rings (SSSR count). The fraction of sp³-hybridized carbons (Fsp3) is 0.654. The van der Waals surface area contributed by atoms with Crippen molar-refractivity contribution < 1.29 is 55.7 Å². The van der Waals surface area contributed by atoms with E-state index in [1.165, 1.54) is 5.56 Å². The van der Waals surface area contributed by atoms with Gasteiger partial charge >= 0.3 is 24.3 Å². The molecule has 2 N–H and O–H groups in total. The molecule has 19 heteroatoms. The maximum Gasteiger partial charge on any atom is 0.490 e. The normalized spacial score (nSPS) is 22.7. The molecule has 2 atom stereocenters. The minimum atomic E-state index is -5.08. The van der Waals surface area contributed by atoms with Crippen LogP contribution in [0.2, 0.25) is 0 Å². The molecular formula is C26H34F6N6O6S. The van der Waals surface area contributed by atoms with Crippen molar-refractivity contribution in [2.75, 3.05) is 52.5 Å². The number of thiazole rings is 1. The number of halogens is 6. The minimum Gasteiger partial charge on any atom is -0.475 e. The molecule has 2 aromatic heterocycles. The maximum atomic E-state index is 13.9. The van der Waals surface area contributed by atoms with Crippen molar-refractivity contribution in [2.45, 2.75) is 38.3 Å². The van der Waals surface area contributed by atoms with Crippen molar-refractivity contribution in [3.8, 4) is 0 Å². The number of aryl methyl sites for hydroxylation is 1. The monoisotopic (exact) mass is 672 g/mol. The first-order chi connectivity index (χ1) is 21.0. The lowest BCUT2D eigenvalue weighted by molar-refractivity contribution is -0.193. The number of carbonyl (C=O) groups excluding carboxylic acids is 1. The van der Waals surface area contributed by atoms with E-state index in [-0.39, 0.29) is 5.41 Å². The zero-order valence-corrected chi connectivity index (χ0v) is 25.1. The zero-order chi connectivity index (χ0) is 33.4. The molecule has 0 spiro atoms. The Morgan fingerprint density at radius 2 is 1.60 bits per heavy atom. The molecule has 2 aromatic rings. The van der Waals surface area contributed by atoms with Crippen LogP contribution >= 0.6 is 11.3 Å². The van der Waals surface area contributed by atoms with Crippen molar-refractivity contribution >= 4 is 29.2 Å². The summed E-state index contributed by atoms with van der Waals surface area (Å²) in [5.41, 5.74) is 0.921. The first-order valence-electron chi connectivity index (χ1n) is 13.8. The lowest BCUT2D eigenvalue weighted by Crippen LogP contribution is -2.52. The molecule has 45 heavy (non-hydrogen) atoms. The number of hydrogen-bond donors (Lipinski definition) is 2. The predicted octanol–water partition coefficient (Wildman–Crippen LogP) is 2.72. The number of aromatic nitrogens is 3. The van der Waals surface area contributed by atoms with Gasteiger partial charge in [0.2, 0.25) is 5.91 Å². The molecule has 3 saturated heterocycles. The molecule has 0 unspecified atom stereocenters. The fourth-order valence-electron chi connectivity index (χ4n) is 5.64. The molecule has 252 valence electrons. The van der Waals surface area contributed by atoms with Crippen LogP contribution in [-0.4, -0.2) is 122 Å². The van der Waals surface area contributed by atoms with E-state index < -0.39 is 24.3 Å². The third-order valence-corrected chi connectivity index (χ3v) is 8.32. The molecule has 0 bridgehead atoms. The van der Waals surface area contributed by atoms with Crippen molar-refractivity contribution in [1.82, 2.24) is 29.5 Å². The van der Waals surface area contributed by atoms with Crippen molar-refractivity contribution in [3.05, 3.63) is 34.5 Å². The number of likely N-dealkylation sites (tertiary alicyclic amines) is 2. The number of ether oxygens (including phenoxy) is 1. The van der Waals surface area contributed by atoms with Crippen LogP contribution in [0.5, 0.6) is 0 Å². The highest BCUT2D eigenvalue weighted by Gasteiger charge is 2.54. The number of morpholine rings is 1. The standard InChI is InChI=1S/C22H32N6O2S.2C2HF3O2/c1-25-12-18(11-24-25)13-27-15-19-14-26(16-20-23-4-10-31-20)5-2-3-22(19,17-27)21(29)28-6-8-30-9-7-28;2*3-2(4,5)1(6)7/h4,10-12,19H,2-3,5-9,13-17H2,1H3;2*(H,6,7)/t19-,22-;;/m0../s1. The van der Waals surface area contributed by atoms with Crippen LogP contribution in [0, 0.1) is 11.3 Å². The second kappa shape index (κ2) is 15.3. The summed E-state index contributed by atoms with van der Waals surface area (Å²) in [7, 11) is 1.96. The van der Waals surface area contributed by atoms with E-state index in [2.05, 4.69) is 31.0 Å². The quantitative estimate of drug-likeness (QED) is 0.456. The first kappa shape index (κ1) is 36.2. The van der Waals surface area contributed by atoms with Crippen molar-refractivity contribution in [2.24, 2.45) is 18.4 Å². The molecule has 3 fully saturated rings. The Morgan fingerprint density at radius 3 is 2.11 bits per heavy atom. The van der Waals surface area contributed by atoms with E-state index >= 15 is 0 Å². The van der Waals surface area contributed by atoms with Crippen LogP contribution < -0.4 is 0 Å². The van der Waals surface area contributed by atoms with E-state index in [9.17, 15) is 31.1 Å². The summed E-state index contributed by atoms with van der Waals surface area (Å²) in [6.07, 6.45) is -2.24. The van der Waals surface area contributed by atoms with Gasteiger partial charge in [0.1, 0.15) is 5.01 Å². The van der Waals surface area contributed by atoms with Gasteiger partial charge in [0.15, 0.2) is 0 Å². The highest BCUT2D eigenvalue weighted by molar-refractivity contribution is 7.09. The number of hydrogen-bond acceptors (Lipinski definition) is 9. The van der Waals surface area contributed by atoms with Crippen molar-refractivity contribution in [3.63, 3.8) is 0 Å². The zero-order valence-electron chi connectivity index (χ0n) is 24.3. The lowest BCUT2D eigenvalue weighted by Gasteiger charge is -2.39. The summed E-state index contributed by atoms with van der Waals surface area (Å²) in [6, 6.07) is 0. The minimum absolute atomic E-state index is 0.294. The van der Waals surface area contributed by atoms with Gasteiger partial charge < -0.3 is 19.8 Å². The van der Waals surface area contributed by atoms with E-state index in [1.807, 2.05) is 29.5 Å². The average molecular weight is 673 g/mol. The Balaban J connectivity index is 0.000000331. The topological polar surface area (TPSA) is 141 Å². The Morgan fingerprint density at radius 1 is 1.00 bits per heavy atom. The van der Waals surface area contributed by atoms with Crippen LogP contribution in [0.4, 0.5) is 26.3 Å².